The highest BCUT2D eigenvalue weighted by Gasteiger charge is 2.41. The van der Waals surface area contributed by atoms with E-state index in [-0.39, 0.29) is 6.03 Å². The number of hydrogen-bond acceptors (Lipinski definition) is 2. The predicted octanol–water partition coefficient (Wildman–Crippen LogP) is 2.85. The fourth-order valence-corrected chi connectivity index (χ4v) is 3.60. The number of rotatable bonds is 4. The topological polar surface area (TPSA) is 35.6 Å². The van der Waals surface area contributed by atoms with Crippen molar-refractivity contribution in [2.24, 2.45) is 0 Å². The number of benzene rings is 1. The van der Waals surface area contributed by atoms with Crippen molar-refractivity contribution in [1.29, 1.82) is 0 Å². The molecular weight excluding hydrogens is 262 g/mol. The number of amides is 2. The van der Waals surface area contributed by atoms with Crippen LogP contribution in [-0.2, 0) is 0 Å². The fraction of sp³-hybridized carbons (Fsp3) is 0.588. The fourth-order valence-electron chi connectivity index (χ4n) is 3.60. The number of piperidine rings is 1. The Hall–Kier alpha value is -1.55. The number of nitrogens with zero attached hydrogens (tertiary/aromatic N) is 2. The van der Waals surface area contributed by atoms with E-state index in [9.17, 15) is 4.79 Å². The van der Waals surface area contributed by atoms with Crippen molar-refractivity contribution in [1.82, 2.24) is 10.2 Å². The van der Waals surface area contributed by atoms with Crippen molar-refractivity contribution in [3.63, 3.8) is 0 Å². The third-order valence-electron chi connectivity index (χ3n) is 4.63. The van der Waals surface area contributed by atoms with Gasteiger partial charge in [-0.2, -0.15) is 0 Å². The molecule has 0 saturated carbocycles. The summed E-state index contributed by atoms with van der Waals surface area (Å²) in [4.78, 5) is 17.1. The Bertz CT molecular complexity index is 470. The molecule has 2 aliphatic heterocycles. The third kappa shape index (κ3) is 2.91. The van der Waals surface area contributed by atoms with Gasteiger partial charge in [0, 0.05) is 18.3 Å². The maximum absolute atomic E-state index is 12.9. The van der Waals surface area contributed by atoms with E-state index in [4.69, 9.17) is 0 Å². The van der Waals surface area contributed by atoms with Gasteiger partial charge in [-0.15, -0.1) is 0 Å². The summed E-state index contributed by atoms with van der Waals surface area (Å²) in [6.07, 6.45) is 4.38. The molecule has 21 heavy (non-hydrogen) atoms. The number of hydrogen-bond donors (Lipinski definition) is 1. The molecule has 1 N–H and O–H groups in total. The van der Waals surface area contributed by atoms with Crippen LogP contribution in [0.3, 0.4) is 0 Å². The second-order valence-corrected chi connectivity index (χ2v) is 6.06. The molecule has 2 fully saturated rings. The van der Waals surface area contributed by atoms with E-state index in [2.05, 4.69) is 17.1 Å². The highest BCUT2D eigenvalue weighted by Crippen LogP contribution is 2.29. The molecule has 2 amide bonds. The molecule has 0 radical (unpaired) electrons. The summed E-state index contributed by atoms with van der Waals surface area (Å²) in [5.41, 5.74) is 1.03. The molecule has 0 bridgehead atoms. The molecule has 2 aliphatic rings. The van der Waals surface area contributed by atoms with Gasteiger partial charge in [-0.05, 0) is 44.5 Å². The number of nitrogens with one attached hydrogen (secondary N) is 1. The Kier molecular flexibility index (Phi) is 4.44. The van der Waals surface area contributed by atoms with E-state index < -0.39 is 0 Å². The highest BCUT2D eigenvalue weighted by molar-refractivity contribution is 5.94. The van der Waals surface area contributed by atoms with Gasteiger partial charge >= 0.3 is 6.03 Å². The largest absolute Gasteiger partial charge is 0.325 e. The Balaban J connectivity index is 1.81. The Morgan fingerprint density at radius 3 is 2.57 bits per heavy atom. The summed E-state index contributed by atoms with van der Waals surface area (Å²) in [5.74, 6) is 0. The van der Waals surface area contributed by atoms with E-state index in [1.54, 1.807) is 0 Å². The smallest absolute Gasteiger partial charge is 0.317 e. The minimum absolute atomic E-state index is 0.201. The van der Waals surface area contributed by atoms with Crippen molar-refractivity contribution in [3.8, 4) is 0 Å². The van der Waals surface area contributed by atoms with Crippen molar-refractivity contribution >= 4 is 11.7 Å². The number of carbonyl (C=O) groups is 1. The molecule has 114 valence electrons. The van der Waals surface area contributed by atoms with Crippen LogP contribution in [0.4, 0.5) is 10.5 Å². The first kappa shape index (κ1) is 14.4. The summed E-state index contributed by atoms with van der Waals surface area (Å²) in [5, 5.41) is 3.39. The van der Waals surface area contributed by atoms with Crippen LogP contribution in [0.15, 0.2) is 30.3 Å². The van der Waals surface area contributed by atoms with E-state index in [1.807, 2.05) is 35.2 Å². The minimum atomic E-state index is 0.201. The van der Waals surface area contributed by atoms with Gasteiger partial charge in [0.1, 0.15) is 0 Å². The first-order valence-electron chi connectivity index (χ1n) is 8.17. The molecule has 2 heterocycles. The Morgan fingerprint density at radius 1 is 1.19 bits per heavy atom. The number of carbonyl (C=O) groups excluding carboxylic acids is 1. The lowest BCUT2D eigenvalue weighted by atomic mass is 10.0. The third-order valence-corrected chi connectivity index (χ3v) is 4.63. The molecule has 0 aromatic heterocycles. The molecule has 3 rings (SSSR count). The van der Waals surface area contributed by atoms with Crippen LogP contribution in [-0.4, -0.2) is 42.6 Å². The molecule has 1 aromatic carbocycles. The Morgan fingerprint density at radius 2 is 1.90 bits per heavy atom. The first-order chi connectivity index (χ1) is 10.3. The second kappa shape index (κ2) is 6.48. The van der Waals surface area contributed by atoms with Gasteiger partial charge in [-0.3, -0.25) is 4.90 Å². The van der Waals surface area contributed by atoms with Crippen LogP contribution in [0.1, 0.15) is 32.6 Å². The molecule has 2 saturated heterocycles. The SMILES string of the molecule is CCCC1CN(c2ccccc2)C(=O)N1C1CCNCC1. The molecule has 1 atom stereocenters. The zero-order valence-electron chi connectivity index (χ0n) is 12.8. The average molecular weight is 287 g/mol. The van der Waals surface area contributed by atoms with Crippen LogP contribution in [0.2, 0.25) is 0 Å². The highest BCUT2D eigenvalue weighted by atomic mass is 16.2. The van der Waals surface area contributed by atoms with E-state index >= 15 is 0 Å². The van der Waals surface area contributed by atoms with E-state index in [1.165, 1.54) is 0 Å². The zero-order chi connectivity index (χ0) is 14.7. The standard InChI is InChI=1S/C17H25N3O/c1-2-6-16-13-19(14-7-4-3-5-8-14)17(21)20(16)15-9-11-18-12-10-15/h3-5,7-8,15-16,18H,2,6,9-13H2,1H3. The summed E-state index contributed by atoms with van der Waals surface area (Å²) in [6, 6.07) is 11.0. The van der Waals surface area contributed by atoms with Crippen LogP contribution in [0, 0.1) is 0 Å². The molecular formula is C17H25N3O. The van der Waals surface area contributed by atoms with E-state index in [0.29, 0.717) is 12.1 Å². The monoisotopic (exact) mass is 287 g/mol. The van der Waals surface area contributed by atoms with Gasteiger partial charge in [-0.25, -0.2) is 4.79 Å². The average Bonchev–Trinajstić information content (AvgIpc) is 2.86. The number of para-hydroxylation sites is 1. The van der Waals surface area contributed by atoms with Gasteiger partial charge in [0.2, 0.25) is 0 Å². The summed E-state index contributed by atoms with van der Waals surface area (Å²) < 4.78 is 0. The van der Waals surface area contributed by atoms with Crippen LogP contribution in [0.25, 0.3) is 0 Å². The van der Waals surface area contributed by atoms with Gasteiger partial charge < -0.3 is 10.2 Å². The van der Waals surface area contributed by atoms with E-state index in [0.717, 1.165) is 51.0 Å². The lowest BCUT2D eigenvalue weighted by Gasteiger charge is -2.35. The van der Waals surface area contributed by atoms with Crippen molar-refractivity contribution < 1.29 is 4.79 Å². The van der Waals surface area contributed by atoms with Crippen LogP contribution >= 0.6 is 0 Å². The summed E-state index contributed by atoms with van der Waals surface area (Å²) in [6.45, 7) is 5.09. The molecule has 4 nitrogen and oxygen atoms in total. The van der Waals surface area contributed by atoms with Gasteiger partial charge in [0.15, 0.2) is 0 Å². The molecule has 0 aliphatic carbocycles. The number of urea groups is 1. The maximum Gasteiger partial charge on any atom is 0.325 e. The molecule has 1 unspecified atom stereocenters. The van der Waals surface area contributed by atoms with Crippen molar-refractivity contribution in [2.75, 3.05) is 24.5 Å². The number of anilines is 1. The summed E-state index contributed by atoms with van der Waals surface area (Å²) in [7, 11) is 0. The predicted molar refractivity (Wildman–Crippen MR) is 85.6 cm³/mol. The van der Waals surface area contributed by atoms with Crippen LogP contribution in [0.5, 0.6) is 0 Å². The molecule has 4 heteroatoms. The van der Waals surface area contributed by atoms with Crippen molar-refractivity contribution in [3.05, 3.63) is 30.3 Å². The zero-order valence-corrected chi connectivity index (χ0v) is 12.8. The van der Waals surface area contributed by atoms with Gasteiger partial charge in [-0.1, -0.05) is 31.5 Å². The van der Waals surface area contributed by atoms with Gasteiger partial charge in [0.25, 0.3) is 0 Å². The summed E-state index contributed by atoms with van der Waals surface area (Å²) >= 11 is 0. The van der Waals surface area contributed by atoms with Gasteiger partial charge in [0.05, 0.1) is 6.04 Å². The minimum Gasteiger partial charge on any atom is -0.317 e. The normalized spacial score (nSPS) is 23.9. The quantitative estimate of drug-likeness (QED) is 0.924. The molecule has 1 aromatic rings. The Labute approximate surface area is 127 Å². The van der Waals surface area contributed by atoms with Crippen LogP contribution < -0.4 is 10.2 Å². The lowest BCUT2D eigenvalue weighted by Crippen LogP contribution is -2.48. The molecule has 0 spiro atoms. The lowest BCUT2D eigenvalue weighted by molar-refractivity contribution is 0.154. The van der Waals surface area contributed by atoms with Crippen molar-refractivity contribution in [2.45, 2.75) is 44.7 Å². The second-order valence-electron chi connectivity index (χ2n) is 6.06. The first-order valence-corrected chi connectivity index (χ1v) is 8.17. The maximum atomic E-state index is 12.9.